The molecule has 4 nitrogen and oxygen atoms in total. The summed E-state index contributed by atoms with van der Waals surface area (Å²) in [4.78, 5) is 16.3. The highest BCUT2D eigenvalue weighted by molar-refractivity contribution is 5.68. The van der Waals surface area contributed by atoms with E-state index in [-0.39, 0.29) is 6.09 Å². The monoisotopic (exact) mass is 344 g/mol. The lowest BCUT2D eigenvalue weighted by molar-refractivity contribution is 0.0240. The summed E-state index contributed by atoms with van der Waals surface area (Å²) >= 11 is 0. The van der Waals surface area contributed by atoms with Crippen LogP contribution < -0.4 is 4.90 Å². The van der Waals surface area contributed by atoms with Crippen molar-refractivity contribution in [3.8, 4) is 0 Å². The van der Waals surface area contributed by atoms with Crippen LogP contribution in [-0.4, -0.2) is 42.8 Å². The van der Waals surface area contributed by atoms with Gasteiger partial charge in [-0.2, -0.15) is 0 Å². The molecule has 1 aromatic rings. The molecule has 138 valence electrons. The van der Waals surface area contributed by atoms with Gasteiger partial charge >= 0.3 is 6.09 Å². The predicted molar refractivity (Wildman–Crippen MR) is 102 cm³/mol. The number of benzene rings is 1. The normalized spacial score (nSPS) is 19.8. The van der Waals surface area contributed by atoms with Crippen molar-refractivity contribution >= 4 is 11.8 Å². The molecule has 1 aromatic carbocycles. The zero-order chi connectivity index (χ0) is 17.9. The molecule has 1 aliphatic heterocycles. The molecule has 25 heavy (non-hydrogen) atoms. The van der Waals surface area contributed by atoms with Gasteiger partial charge in [0.05, 0.1) is 0 Å². The fraction of sp³-hybridized carbons (Fsp3) is 0.667. The van der Waals surface area contributed by atoms with E-state index in [1.54, 1.807) is 0 Å². The number of rotatable bonds is 2. The molecule has 0 atom stereocenters. The number of nitrogens with zero attached hydrogens (tertiary/aromatic N) is 2. The summed E-state index contributed by atoms with van der Waals surface area (Å²) in [5.74, 6) is 0.756. The summed E-state index contributed by atoms with van der Waals surface area (Å²) in [5.41, 5.74) is 2.34. The second-order valence-corrected chi connectivity index (χ2v) is 8.38. The molecular weight excluding hydrogens is 312 g/mol. The first kappa shape index (κ1) is 18.1. The van der Waals surface area contributed by atoms with Crippen molar-refractivity contribution in [2.24, 2.45) is 0 Å². The molecule has 4 heteroatoms. The molecule has 0 unspecified atom stereocenters. The van der Waals surface area contributed by atoms with Gasteiger partial charge in [0.15, 0.2) is 0 Å². The Morgan fingerprint density at radius 1 is 0.960 bits per heavy atom. The number of carbonyl (C=O) groups is 1. The van der Waals surface area contributed by atoms with Crippen LogP contribution in [0.3, 0.4) is 0 Å². The Morgan fingerprint density at radius 3 is 2.12 bits per heavy atom. The van der Waals surface area contributed by atoms with Crippen LogP contribution in [0.15, 0.2) is 24.3 Å². The SMILES string of the molecule is CC(C)(C)OC(=O)N1CCN(c2ccc(C3CCCCC3)cc2)CC1. The van der Waals surface area contributed by atoms with Crippen LogP contribution in [0.5, 0.6) is 0 Å². The molecule has 3 rings (SSSR count). The second-order valence-electron chi connectivity index (χ2n) is 8.38. The van der Waals surface area contributed by atoms with E-state index in [0.29, 0.717) is 0 Å². The van der Waals surface area contributed by atoms with Crippen molar-refractivity contribution in [1.82, 2.24) is 4.90 Å². The van der Waals surface area contributed by atoms with E-state index in [0.717, 1.165) is 32.1 Å². The molecule has 1 aliphatic carbocycles. The Morgan fingerprint density at radius 2 is 1.56 bits per heavy atom. The minimum absolute atomic E-state index is 0.195. The molecule has 1 saturated heterocycles. The third kappa shape index (κ3) is 4.90. The van der Waals surface area contributed by atoms with Gasteiger partial charge in [0.1, 0.15) is 5.60 Å². The first-order valence-corrected chi connectivity index (χ1v) is 9.75. The van der Waals surface area contributed by atoms with Gasteiger partial charge in [-0.15, -0.1) is 0 Å². The zero-order valence-electron chi connectivity index (χ0n) is 16.0. The summed E-state index contributed by atoms with van der Waals surface area (Å²) in [6, 6.07) is 9.14. The van der Waals surface area contributed by atoms with Crippen molar-refractivity contribution in [2.45, 2.75) is 64.4 Å². The van der Waals surface area contributed by atoms with Gasteiger partial charge < -0.3 is 14.5 Å². The molecule has 1 heterocycles. The molecule has 0 spiro atoms. The van der Waals surface area contributed by atoms with Crippen LogP contribution in [0.4, 0.5) is 10.5 Å². The molecular formula is C21H32N2O2. The van der Waals surface area contributed by atoms with Crippen molar-refractivity contribution in [3.63, 3.8) is 0 Å². The lowest BCUT2D eigenvalue weighted by Crippen LogP contribution is -2.50. The Balaban J connectivity index is 1.53. The number of piperazine rings is 1. The topological polar surface area (TPSA) is 32.8 Å². The van der Waals surface area contributed by atoms with E-state index in [9.17, 15) is 4.79 Å². The second kappa shape index (κ2) is 7.67. The summed E-state index contributed by atoms with van der Waals surface area (Å²) in [7, 11) is 0. The largest absolute Gasteiger partial charge is 0.444 e. The lowest BCUT2D eigenvalue weighted by Gasteiger charge is -2.37. The maximum atomic E-state index is 12.2. The minimum Gasteiger partial charge on any atom is -0.444 e. The van der Waals surface area contributed by atoms with Gasteiger partial charge in [0.2, 0.25) is 0 Å². The maximum Gasteiger partial charge on any atom is 0.410 e. The third-order valence-corrected chi connectivity index (χ3v) is 5.27. The lowest BCUT2D eigenvalue weighted by atomic mass is 9.84. The average Bonchev–Trinajstić information content (AvgIpc) is 2.61. The van der Waals surface area contributed by atoms with Crippen molar-refractivity contribution in [2.75, 3.05) is 31.1 Å². The molecule has 0 radical (unpaired) electrons. The van der Waals surface area contributed by atoms with Gasteiger partial charge in [-0.3, -0.25) is 0 Å². The van der Waals surface area contributed by atoms with Crippen LogP contribution in [0.1, 0.15) is 64.4 Å². The smallest absolute Gasteiger partial charge is 0.410 e. The number of amides is 1. The Bertz CT molecular complexity index is 563. The molecule has 0 aromatic heterocycles. The van der Waals surface area contributed by atoms with Crippen LogP contribution in [0.2, 0.25) is 0 Å². The first-order valence-electron chi connectivity index (χ1n) is 9.75. The van der Waals surface area contributed by atoms with Crippen LogP contribution in [0.25, 0.3) is 0 Å². The Labute approximate surface area is 152 Å². The number of anilines is 1. The van der Waals surface area contributed by atoms with Crippen LogP contribution in [-0.2, 0) is 4.74 Å². The van der Waals surface area contributed by atoms with Crippen LogP contribution in [0, 0.1) is 0 Å². The minimum atomic E-state index is -0.427. The van der Waals surface area contributed by atoms with E-state index in [1.807, 2.05) is 25.7 Å². The first-order chi connectivity index (χ1) is 11.9. The molecule has 2 aliphatic rings. The standard InChI is InChI=1S/C21H32N2O2/c1-21(2,3)25-20(24)23-15-13-22(14-16-23)19-11-9-18(10-12-19)17-7-5-4-6-8-17/h9-12,17H,4-8,13-16H2,1-3H3. The fourth-order valence-corrected chi connectivity index (χ4v) is 3.87. The quantitative estimate of drug-likeness (QED) is 0.773. The molecule has 0 bridgehead atoms. The van der Waals surface area contributed by atoms with Gasteiger partial charge in [0, 0.05) is 31.9 Å². The number of hydrogen-bond donors (Lipinski definition) is 0. The van der Waals surface area contributed by atoms with E-state index in [1.165, 1.54) is 43.4 Å². The summed E-state index contributed by atoms with van der Waals surface area (Å²) in [5, 5.41) is 0. The van der Waals surface area contributed by atoms with E-state index < -0.39 is 5.60 Å². The summed E-state index contributed by atoms with van der Waals surface area (Å²) in [6.45, 7) is 8.90. The van der Waals surface area contributed by atoms with Gasteiger partial charge in [-0.1, -0.05) is 31.4 Å². The maximum absolute atomic E-state index is 12.2. The molecule has 1 amide bonds. The number of ether oxygens (including phenoxy) is 1. The molecule has 2 fully saturated rings. The van der Waals surface area contributed by atoms with E-state index >= 15 is 0 Å². The fourth-order valence-electron chi connectivity index (χ4n) is 3.87. The number of hydrogen-bond acceptors (Lipinski definition) is 3. The Kier molecular flexibility index (Phi) is 5.55. The zero-order valence-corrected chi connectivity index (χ0v) is 16.0. The number of carbonyl (C=O) groups excluding carboxylic acids is 1. The highest BCUT2D eigenvalue weighted by Crippen LogP contribution is 2.33. The van der Waals surface area contributed by atoms with Gasteiger partial charge in [-0.25, -0.2) is 4.79 Å². The summed E-state index contributed by atoms with van der Waals surface area (Å²) in [6.07, 6.45) is 6.64. The molecule has 1 saturated carbocycles. The van der Waals surface area contributed by atoms with Crippen LogP contribution >= 0.6 is 0 Å². The average molecular weight is 344 g/mol. The third-order valence-electron chi connectivity index (χ3n) is 5.27. The predicted octanol–water partition coefficient (Wildman–Crippen LogP) is 4.79. The van der Waals surface area contributed by atoms with Gasteiger partial charge in [0.25, 0.3) is 0 Å². The van der Waals surface area contributed by atoms with Gasteiger partial charge in [-0.05, 0) is 57.2 Å². The molecule has 0 N–H and O–H groups in total. The van der Waals surface area contributed by atoms with Crippen molar-refractivity contribution < 1.29 is 9.53 Å². The summed E-state index contributed by atoms with van der Waals surface area (Å²) < 4.78 is 5.47. The van der Waals surface area contributed by atoms with E-state index in [4.69, 9.17) is 4.74 Å². The Hall–Kier alpha value is -1.71. The highest BCUT2D eigenvalue weighted by atomic mass is 16.6. The van der Waals surface area contributed by atoms with E-state index in [2.05, 4.69) is 29.2 Å². The highest BCUT2D eigenvalue weighted by Gasteiger charge is 2.26. The van der Waals surface area contributed by atoms with Crippen molar-refractivity contribution in [1.29, 1.82) is 0 Å². The van der Waals surface area contributed by atoms with Crippen molar-refractivity contribution in [3.05, 3.63) is 29.8 Å².